The maximum atomic E-state index is 6.14. The summed E-state index contributed by atoms with van der Waals surface area (Å²) < 4.78 is 17.2. The van der Waals surface area contributed by atoms with E-state index in [0.717, 1.165) is 68.7 Å². The fourth-order valence-electron chi connectivity index (χ4n) is 4.09. The second-order valence-electron chi connectivity index (χ2n) is 8.70. The van der Waals surface area contributed by atoms with Crippen molar-refractivity contribution < 1.29 is 14.2 Å². The second kappa shape index (κ2) is 10.9. The topological polar surface area (TPSA) is 67.4 Å². The largest absolute Gasteiger partial charge is 0.493 e. The van der Waals surface area contributed by atoms with Crippen LogP contribution in [0.3, 0.4) is 0 Å². The molecule has 1 heterocycles. The molecular weight excluding hydrogens is 380 g/mol. The van der Waals surface area contributed by atoms with Crippen molar-refractivity contribution in [2.45, 2.75) is 57.7 Å². The van der Waals surface area contributed by atoms with Crippen LogP contribution in [0, 0.1) is 0 Å². The number of benzene rings is 1. The Hall–Kier alpha value is -1.99. The summed E-state index contributed by atoms with van der Waals surface area (Å²) in [6.45, 7) is 9.53. The smallest absolute Gasteiger partial charge is 0.191 e. The van der Waals surface area contributed by atoms with E-state index in [2.05, 4.69) is 40.4 Å². The molecule has 1 saturated heterocycles. The molecule has 0 bridgehead atoms. The number of hydrogen-bond donors (Lipinski definition) is 2. The Morgan fingerprint density at radius 1 is 1.17 bits per heavy atom. The van der Waals surface area contributed by atoms with Crippen molar-refractivity contribution >= 4 is 5.96 Å². The lowest BCUT2D eigenvalue weighted by Crippen LogP contribution is -2.56. The van der Waals surface area contributed by atoms with Gasteiger partial charge in [-0.05, 0) is 57.2 Å². The highest BCUT2D eigenvalue weighted by molar-refractivity contribution is 5.79. The van der Waals surface area contributed by atoms with Crippen LogP contribution in [-0.2, 0) is 11.3 Å². The van der Waals surface area contributed by atoms with Crippen LogP contribution in [-0.4, -0.2) is 69.5 Å². The Bertz CT molecular complexity index is 696. The first-order chi connectivity index (χ1) is 14.5. The summed E-state index contributed by atoms with van der Waals surface area (Å²) in [5.74, 6) is 2.42. The van der Waals surface area contributed by atoms with Crippen LogP contribution < -0.4 is 20.1 Å². The van der Waals surface area contributed by atoms with Crippen molar-refractivity contribution in [3.8, 4) is 11.5 Å². The molecule has 168 valence electrons. The first-order valence-electron chi connectivity index (χ1n) is 11.1. The molecule has 0 spiro atoms. The molecule has 0 radical (unpaired) electrons. The van der Waals surface area contributed by atoms with Gasteiger partial charge < -0.3 is 24.8 Å². The number of ether oxygens (including phenoxy) is 3. The van der Waals surface area contributed by atoms with E-state index in [4.69, 9.17) is 14.2 Å². The summed E-state index contributed by atoms with van der Waals surface area (Å²) in [5.41, 5.74) is 1.16. The molecule has 2 N–H and O–H groups in total. The molecule has 30 heavy (non-hydrogen) atoms. The molecule has 3 rings (SSSR count). The van der Waals surface area contributed by atoms with Gasteiger partial charge in [-0.25, -0.2) is 0 Å². The van der Waals surface area contributed by atoms with Crippen LogP contribution in [0.2, 0.25) is 0 Å². The van der Waals surface area contributed by atoms with Gasteiger partial charge in [0.15, 0.2) is 17.5 Å². The molecule has 1 aromatic carbocycles. The van der Waals surface area contributed by atoms with E-state index in [1.807, 2.05) is 12.1 Å². The number of nitrogens with one attached hydrogen (secondary N) is 2. The third-order valence-corrected chi connectivity index (χ3v) is 6.06. The van der Waals surface area contributed by atoms with Gasteiger partial charge in [-0.15, -0.1) is 0 Å². The van der Waals surface area contributed by atoms with Crippen LogP contribution in [0.1, 0.15) is 45.1 Å². The summed E-state index contributed by atoms with van der Waals surface area (Å²) in [6, 6.07) is 6.15. The van der Waals surface area contributed by atoms with Crippen LogP contribution in [0.15, 0.2) is 23.2 Å². The number of morpholine rings is 1. The van der Waals surface area contributed by atoms with E-state index in [1.165, 1.54) is 12.8 Å². The quantitative estimate of drug-likeness (QED) is 0.500. The minimum absolute atomic E-state index is 0.0316. The van der Waals surface area contributed by atoms with Crippen LogP contribution in [0.25, 0.3) is 0 Å². The molecule has 1 saturated carbocycles. The van der Waals surface area contributed by atoms with Gasteiger partial charge >= 0.3 is 0 Å². The molecule has 2 fully saturated rings. The fourth-order valence-corrected chi connectivity index (χ4v) is 4.09. The molecule has 0 aromatic heterocycles. The van der Waals surface area contributed by atoms with E-state index in [1.54, 1.807) is 14.2 Å². The Labute approximate surface area is 181 Å². The zero-order valence-corrected chi connectivity index (χ0v) is 19.0. The first-order valence-corrected chi connectivity index (χ1v) is 11.1. The van der Waals surface area contributed by atoms with Crippen molar-refractivity contribution in [3.63, 3.8) is 0 Å². The predicted molar refractivity (Wildman–Crippen MR) is 121 cm³/mol. The highest BCUT2D eigenvalue weighted by Gasteiger charge is 2.28. The van der Waals surface area contributed by atoms with Crippen LogP contribution >= 0.6 is 0 Å². The number of methoxy groups -OCH3 is 1. The molecular formula is C23H38N4O3. The SMILES string of the molecule is CN=C(NCc1ccc(OC2CCCC2)c(OC)c1)NCC(C)(C)N1CCOCC1. The molecule has 0 unspecified atom stereocenters. The van der Waals surface area contributed by atoms with Gasteiger partial charge in [0.1, 0.15) is 0 Å². The summed E-state index contributed by atoms with van der Waals surface area (Å²) in [6.07, 6.45) is 5.10. The molecule has 2 aliphatic rings. The maximum absolute atomic E-state index is 6.14. The summed E-state index contributed by atoms with van der Waals surface area (Å²) in [7, 11) is 3.50. The minimum Gasteiger partial charge on any atom is -0.493 e. The monoisotopic (exact) mass is 418 g/mol. The standard InChI is InChI=1S/C23H38N4O3/c1-23(2,27-11-13-29-14-12-27)17-26-22(24-3)25-16-18-9-10-20(21(15-18)28-4)30-19-7-5-6-8-19/h9-10,15,19H,5-8,11-14,16-17H2,1-4H3,(H2,24,25,26). The number of aliphatic imine (C=N–C) groups is 1. The minimum atomic E-state index is 0.0316. The van der Waals surface area contributed by atoms with E-state index in [-0.39, 0.29) is 5.54 Å². The van der Waals surface area contributed by atoms with Crippen LogP contribution in [0.5, 0.6) is 11.5 Å². The van der Waals surface area contributed by atoms with Crippen molar-refractivity contribution in [3.05, 3.63) is 23.8 Å². The molecule has 1 aliphatic carbocycles. The molecule has 7 nitrogen and oxygen atoms in total. The average Bonchev–Trinajstić information content (AvgIpc) is 3.28. The zero-order chi connectivity index (χ0) is 21.4. The fraction of sp³-hybridized carbons (Fsp3) is 0.696. The van der Waals surface area contributed by atoms with Gasteiger partial charge in [-0.2, -0.15) is 0 Å². The van der Waals surface area contributed by atoms with E-state index >= 15 is 0 Å². The number of rotatable bonds is 8. The molecule has 0 atom stereocenters. The second-order valence-corrected chi connectivity index (χ2v) is 8.70. The number of nitrogens with zero attached hydrogens (tertiary/aromatic N) is 2. The van der Waals surface area contributed by atoms with Gasteiger partial charge in [0.05, 0.1) is 26.4 Å². The molecule has 1 aromatic rings. The van der Waals surface area contributed by atoms with E-state index in [0.29, 0.717) is 12.6 Å². The van der Waals surface area contributed by atoms with E-state index < -0.39 is 0 Å². The molecule has 1 aliphatic heterocycles. The normalized spacial score (nSPS) is 19.0. The van der Waals surface area contributed by atoms with Crippen molar-refractivity contribution in [1.82, 2.24) is 15.5 Å². The highest BCUT2D eigenvalue weighted by Crippen LogP contribution is 2.32. The van der Waals surface area contributed by atoms with Crippen LogP contribution in [0.4, 0.5) is 0 Å². The van der Waals surface area contributed by atoms with Crippen molar-refractivity contribution in [1.29, 1.82) is 0 Å². The highest BCUT2D eigenvalue weighted by atomic mass is 16.5. The lowest BCUT2D eigenvalue weighted by Gasteiger charge is -2.41. The summed E-state index contributed by atoms with van der Waals surface area (Å²) in [4.78, 5) is 6.84. The lowest BCUT2D eigenvalue weighted by molar-refractivity contribution is -0.00834. The Kier molecular flexibility index (Phi) is 8.22. The molecule has 0 amide bonds. The molecule has 7 heteroatoms. The zero-order valence-electron chi connectivity index (χ0n) is 19.0. The lowest BCUT2D eigenvalue weighted by atomic mass is 10.0. The number of hydrogen-bond acceptors (Lipinski definition) is 5. The Morgan fingerprint density at radius 2 is 1.90 bits per heavy atom. The van der Waals surface area contributed by atoms with Gasteiger partial charge in [-0.1, -0.05) is 6.07 Å². The summed E-state index contributed by atoms with van der Waals surface area (Å²) in [5, 5.41) is 6.87. The first kappa shape index (κ1) is 22.7. The van der Waals surface area contributed by atoms with Crippen molar-refractivity contribution in [2.75, 3.05) is 47.0 Å². The summed E-state index contributed by atoms with van der Waals surface area (Å²) >= 11 is 0. The van der Waals surface area contributed by atoms with Gasteiger partial charge in [0.25, 0.3) is 0 Å². The maximum Gasteiger partial charge on any atom is 0.191 e. The Morgan fingerprint density at radius 3 is 2.57 bits per heavy atom. The average molecular weight is 419 g/mol. The van der Waals surface area contributed by atoms with Gasteiger partial charge in [0, 0.05) is 38.8 Å². The van der Waals surface area contributed by atoms with E-state index in [9.17, 15) is 0 Å². The van der Waals surface area contributed by atoms with Gasteiger partial charge in [0.2, 0.25) is 0 Å². The third kappa shape index (κ3) is 6.25. The number of guanidine groups is 1. The van der Waals surface area contributed by atoms with Crippen molar-refractivity contribution in [2.24, 2.45) is 4.99 Å². The predicted octanol–water partition coefficient (Wildman–Crippen LogP) is 2.79. The Balaban J connectivity index is 1.51. The third-order valence-electron chi connectivity index (χ3n) is 6.06. The van der Waals surface area contributed by atoms with Gasteiger partial charge in [-0.3, -0.25) is 9.89 Å².